The van der Waals surface area contributed by atoms with E-state index in [-0.39, 0.29) is 0 Å². The summed E-state index contributed by atoms with van der Waals surface area (Å²) in [7, 11) is 0. The summed E-state index contributed by atoms with van der Waals surface area (Å²) >= 11 is 0. The average molecular weight is 371 g/mol. The van der Waals surface area contributed by atoms with Crippen LogP contribution >= 0.6 is 0 Å². The maximum absolute atomic E-state index is 5.10. The summed E-state index contributed by atoms with van der Waals surface area (Å²) < 4.78 is 2.06. The van der Waals surface area contributed by atoms with Crippen LogP contribution in [0.3, 0.4) is 0 Å². The number of hydrogen-bond donors (Lipinski definition) is 0. The Hall–Kier alpha value is -3.98. The van der Waals surface area contributed by atoms with Crippen molar-refractivity contribution < 1.29 is 0 Å². The monoisotopic (exact) mass is 371 g/mol. The summed E-state index contributed by atoms with van der Waals surface area (Å²) in [5, 5.41) is 2.25. The number of pyridine rings is 2. The highest BCUT2D eigenvalue weighted by atomic mass is 15.1. The van der Waals surface area contributed by atoms with Gasteiger partial charge < -0.3 is 0 Å². The standard InChI is InChI=1S/C26H17N3/c1-2-9-18(10-3-1)19-11-8-12-20(17-19)24-21-13-4-5-14-22(21)25-26(28-24)29-16-7-6-15-23(29)27-25/h1-17H. The lowest BCUT2D eigenvalue weighted by molar-refractivity contribution is 1.19. The van der Waals surface area contributed by atoms with Crippen molar-refractivity contribution in [2.24, 2.45) is 0 Å². The van der Waals surface area contributed by atoms with Gasteiger partial charge in [0.25, 0.3) is 0 Å². The van der Waals surface area contributed by atoms with Crippen LogP contribution < -0.4 is 0 Å². The molecule has 0 fully saturated rings. The molecule has 0 radical (unpaired) electrons. The van der Waals surface area contributed by atoms with Crippen molar-refractivity contribution >= 4 is 27.6 Å². The first-order chi connectivity index (χ1) is 14.4. The van der Waals surface area contributed by atoms with Crippen LogP contribution in [0.4, 0.5) is 0 Å². The number of imidazole rings is 1. The second-order valence-corrected chi connectivity index (χ2v) is 7.17. The van der Waals surface area contributed by atoms with Gasteiger partial charge in [-0.1, -0.05) is 78.9 Å². The van der Waals surface area contributed by atoms with E-state index in [1.807, 2.05) is 30.5 Å². The lowest BCUT2D eigenvalue weighted by Crippen LogP contribution is -1.92. The first-order valence-electron chi connectivity index (χ1n) is 9.70. The number of hydrogen-bond acceptors (Lipinski definition) is 2. The quantitative estimate of drug-likeness (QED) is 0.354. The van der Waals surface area contributed by atoms with Gasteiger partial charge in [0.05, 0.1) is 5.69 Å². The van der Waals surface area contributed by atoms with Crippen LogP contribution in [0, 0.1) is 0 Å². The normalized spacial score (nSPS) is 11.4. The second-order valence-electron chi connectivity index (χ2n) is 7.17. The van der Waals surface area contributed by atoms with E-state index < -0.39 is 0 Å². The Labute approximate surface area is 167 Å². The predicted octanol–water partition coefficient (Wildman–Crippen LogP) is 6.37. The van der Waals surface area contributed by atoms with Crippen molar-refractivity contribution in [3.05, 3.63) is 103 Å². The Bertz CT molecular complexity index is 1500. The van der Waals surface area contributed by atoms with Gasteiger partial charge in [-0.2, -0.15) is 0 Å². The van der Waals surface area contributed by atoms with Crippen LogP contribution in [0.1, 0.15) is 0 Å². The molecule has 3 heteroatoms. The van der Waals surface area contributed by atoms with E-state index in [0.717, 1.165) is 38.8 Å². The van der Waals surface area contributed by atoms with Crippen molar-refractivity contribution in [1.29, 1.82) is 0 Å². The molecule has 3 heterocycles. The van der Waals surface area contributed by atoms with Crippen LogP contribution in [0.5, 0.6) is 0 Å². The van der Waals surface area contributed by atoms with Gasteiger partial charge in [0, 0.05) is 22.5 Å². The lowest BCUT2D eigenvalue weighted by atomic mass is 9.98. The maximum atomic E-state index is 5.10. The minimum absolute atomic E-state index is 0.888. The van der Waals surface area contributed by atoms with E-state index in [4.69, 9.17) is 9.97 Å². The molecule has 0 N–H and O–H groups in total. The topological polar surface area (TPSA) is 30.2 Å². The van der Waals surface area contributed by atoms with Gasteiger partial charge in [-0.15, -0.1) is 0 Å². The molecule has 0 saturated carbocycles. The summed E-state index contributed by atoms with van der Waals surface area (Å²) in [5.74, 6) is 0. The van der Waals surface area contributed by atoms with Crippen molar-refractivity contribution in [3.63, 3.8) is 0 Å². The molecule has 3 nitrogen and oxygen atoms in total. The predicted molar refractivity (Wildman–Crippen MR) is 119 cm³/mol. The Morgan fingerprint density at radius 1 is 0.552 bits per heavy atom. The third kappa shape index (κ3) is 2.52. The molecule has 0 aliphatic heterocycles. The number of nitrogens with zero attached hydrogens (tertiary/aromatic N) is 3. The van der Waals surface area contributed by atoms with Gasteiger partial charge >= 0.3 is 0 Å². The zero-order valence-electron chi connectivity index (χ0n) is 15.7. The summed E-state index contributed by atoms with van der Waals surface area (Å²) in [6.45, 7) is 0. The number of aromatic nitrogens is 3. The van der Waals surface area contributed by atoms with E-state index in [1.165, 1.54) is 11.1 Å². The molecule has 6 aromatic rings. The molecule has 0 amide bonds. The van der Waals surface area contributed by atoms with Gasteiger partial charge in [-0.05, 0) is 29.3 Å². The first kappa shape index (κ1) is 16.0. The molecule has 0 aliphatic carbocycles. The highest BCUT2D eigenvalue weighted by Gasteiger charge is 2.15. The largest absolute Gasteiger partial charge is 0.284 e. The van der Waals surface area contributed by atoms with Crippen LogP contribution in [-0.4, -0.2) is 14.4 Å². The zero-order valence-corrected chi connectivity index (χ0v) is 15.7. The fourth-order valence-corrected chi connectivity index (χ4v) is 4.03. The van der Waals surface area contributed by atoms with Crippen molar-refractivity contribution in [1.82, 2.24) is 14.4 Å². The van der Waals surface area contributed by atoms with E-state index >= 15 is 0 Å². The Balaban J connectivity index is 1.68. The van der Waals surface area contributed by atoms with E-state index in [0.29, 0.717) is 0 Å². The minimum atomic E-state index is 0.888. The van der Waals surface area contributed by atoms with Crippen molar-refractivity contribution in [3.8, 4) is 22.4 Å². The van der Waals surface area contributed by atoms with Crippen LogP contribution in [0.15, 0.2) is 103 Å². The van der Waals surface area contributed by atoms with Gasteiger partial charge in [0.2, 0.25) is 0 Å². The molecule has 6 rings (SSSR count). The number of benzene rings is 3. The zero-order chi connectivity index (χ0) is 19.2. The molecule has 29 heavy (non-hydrogen) atoms. The molecule has 0 unspecified atom stereocenters. The van der Waals surface area contributed by atoms with Crippen LogP contribution in [-0.2, 0) is 0 Å². The van der Waals surface area contributed by atoms with Gasteiger partial charge in [-0.3, -0.25) is 4.40 Å². The summed E-state index contributed by atoms with van der Waals surface area (Å²) in [6.07, 6.45) is 2.02. The Kier molecular flexibility index (Phi) is 3.47. The number of fused-ring (bicyclic) bond motifs is 5. The molecular weight excluding hydrogens is 354 g/mol. The smallest absolute Gasteiger partial charge is 0.165 e. The first-order valence-corrected chi connectivity index (χ1v) is 9.70. The molecule has 0 spiro atoms. The highest BCUT2D eigenvalue weighted by Crippen LogP contribution is 2.34. The third-order valence-electron chi connectivity index (χ3n) is 5.40. The fraction of sp³-hybridized carbons (Fsp3) is 0. The van der Waals surface area contributed by atoms with Crippen molar-refractivity contribution in [2.45, 2.75) is 0 Å². The summed E-state index contributed by atoms with van der Waals surface area (Å²) in [4.78, 5) is 9.94. The van der Waals surface area contributed by atoms with E-state index in [1.54, 1.807) is 0 Å². The SMILES string of the molecule is c1ccc(-c2cccc(-c3nc4c(nc5ccccn54)c4ccccc34)c2)cc1. The molecule has 0 atom stereocenters. The maximum Gasteiger partial charge on any atom is 0.165 e. The molecule has 0 bridgehead atoms. The highest BCUT2D eigenvalue weighted by molar-refractivity contribution is 6.09. The Morgan fingerprint density at radius 2 is 1.28 bits per heavy atom. The molecular formula is C26H17N3. The molecule has 0 saturated heterocycles. The second kappa shape index (κ2) is 6.28. The fourth-order valence-electron chi connectivity index (χ4n) is 4.03. The van der Waals surface area contributed by atoms with Gasteiger partial charge in [0.1, 0.15) is 11.2 Å². The molecule has 0 aliphatic rings. The number of rotatable bonds is 2. The third-order valence-corrected chi connectivity index (χ3v) is 5.40. The Morgan fingerprint density at radius 3 is 2.17 bits per heavy atom. The van der Waals surface area contributed by atoms with E-state index in [9.17, 15) is 0 Å². The molecule has 136 valence electrons. The molecule has 3 aromatic carbocycles. The van der Waals surface area contributed by atoms with E-state index in [2.05, 4.69) is 77.2 Å². The van der Waals surface area contributed by atoms with Crippen molar-refractivity contribution in [2.75, 3.05) is 0 Å². The van der Waals surface area contributed by atoms with Gasteiger partial charge in [0.15, 0.2) is 5.65 Å². The molecule has 3 aromatic heterocycles. The van der Waals surface area contributed by atoms with Gasteiger partial charge in [-0.25, -0.2) is 9.97 Å². The van der Waals surface area contributed by atoms with Crippen LogP contribution in [0.2, 0.25) is 0 Å². The lowest BCUT2D eigenvalue weighted by Gasteiger charge is -2.09. The van der Waals surface area contributed by atoms with Crippen LogP contribution in [0.25, 0.3) is 50.0 Å². The summed E-state index contributed by atoms with van der Waals surface area (Å²) in [5.41, 5.74) is 7.22. The average Bonchev–Trinajstić information content (AvgIpc) is 3.18. The minimum Gasteiger partial charge on any atom is -0.284 e. The summed E-state index contributed by atoms with van der Waals surface area (Å²) in [6, 6.07) is 33.5.